The van der Waals surface area contributed by atoms with Crippen molar-refractivity contribution in [3.63, 3.8) is 0 Å². The number of ether oxygens (including phenoxy) is 2. The summed E-state index contributed by atoms with van der Waals surface area (Å²) >= 11 is 0. The number of aliphatic hydroxyl groups is 1. The maximum Gasteiger partial charge on any atom is 0.260 e. The van der Waals surface area contributed by atoms with E-state index in [1.165, 1.54) is 0 Å². The Morgan fingerprint density at radius 2 is 2.10 bits per heavy atom. The zero-order valence-electron chi connectivity index (χ0n) is 12.2. The zero-order chi connectivity index (χ0) is 14.8. The van der Waals surface area contributed by atoms with Crippen LogP contribution in [0.25, 0.3) is 0 Å². The Hall–Kier alpha value is -1.75. The SMILES string of the molecule is CCC1(O)CN(C(=O)COc2ccc(C)cc2OC)C1. The molecule has 0 bridgehead atoms. The first kappa shape index (κ1) is 14.7. The molecule has 1 fully saturated rings. The van der Waals surface area contributed by atoms with Gasteiger partial charge in [0.1, 0.15) is 0 Å². The van der Waals surface area contributed by atoms with E-state index in [-0.39, 0.29) is 12.5 Å². The summed E-state index contributed by atoms with van der Waals surface area (Å²) in [7, 11) is 1.57. The molecule has 2 rings (SSSR count). The quantitative estimate of drug-likeness (QED) is 0.884. The highest BCUT2D eigenvalue weighted by molar-refractivity contribution is 5.79. The number of aryl methyl sites for hydroxylation is 1. The topological polar surface area (TPSA) is 59.0 Å². The third-order valence-electron chi connectivity index (χ3n) is 3.65. The van der Waals surface area contributed by atoms with Crippen molar-refractivity contribution in [3.8, 4) is 11.5 Å². The largest absolute Gasteiger partial charge is 0.493 e. The summed E-state index contributed by atoms with van der Waals surface area (Å²) in [6, 6.07) is 5.56. The molecule has 1 aliphatic heterocycles. The summed E-state index contributed by atoms with van der Waals surface area (Å²) < 4.78 is 10.7. The van der Waals surface area contributed by atoms with Crippen molar-refractivity contribution in [2.24, 2.45) is 0 Å². The van der Waals surface area contributed by atoms with E-state index in [0.717, 1.165) is 5.56 Å². The molecule has 0 aliphatic carbocycles. The van der Waals surface area contributed by atoms with Gasteiger partial charge in [0.25, 0.3) is 5.91 Å². The minimum Gasteiger partial charge on any atom is -0.493 e. The molecule has 1 aliphatic rings. The Kier molecular flexibility index (Phi) is 4.18. The first-order valence-electron chi connectivity index (χ1n) is 6.75. The van der Waals surface area contributed by atoms with Crippen LogP contribution in [0.3, 0.4) is 0 Å². The van der Waals surface area contributed by atoms with E-state index in [0.29, 0.717) is 31.0 Å². The third kappa shape index (κ3) is 3.04. The molecule has 5 heteroatoms. The number of benzene rings is 1. The highest BCUT2D eigenvalue weighted by Crippen LogP contribution is 2.28. The van der Waals surface area contributed by atoms with Gasteiger partial charge in [-0.3, -0.25) is 4.79 Å². The first-order chi connectivity index (χ1) is 9.47. The molecule has 5 nitrogen and oxygen atoms in total. The molecular formula is C15H21NO4. The van der Waals surface area contributed by atoms with Crippen LogP contribution in [0.5, 0.6) is 11.5 Å². The van der Waals surface area contributed by atoms with E-state index in [9.17, 15) is 9.90 Å². The number of hydrogen-bond acceptors (Lipinski definition) is 4. The summed E-state index contributed by atoms with van der Waals surface area (Å²) in [5, 5.41) is 9.88. The molecule has 0 spiro atoms. The van der Waals surface area contributed by atoms with Crippen molar-refractivity contribution in [2.45, 2.75) is 25.9 Å². The number of carbonyl (C=O) groups excluding carboxylic acids is 1. The predicted octanol–water partition coefficient (Wildman–Crippen LogP) is 1.37. The molecule has 1 heterocycles. The van der Waals surface area contributed by atoms with Crippen molar-refractivity contribution in [1.82, 2.24) is 4.90 Å². The lowest BCUT2D eigenvalue weighted by molar-refractivity contribution is -0.157. The number of amides is 1. The van der Waals surface area contributed by atoms with Gasteiger partial charge in [-0.15, -0.1) is 0 Å². The lowest BCUT2D eigenvalue weighted by atomic mass is 9.91. The van der Waals surface area contributed by atoms with Crippen LogP contribution in [0.2, 0.25) is 0 Å². The van der Waals surface area contributed by atoms with Gasteiger partial charge in [0.2, 0.25) is 0 Å². The average molecular weight is 279 g/mol. The van der Waals surface area contributed by atoms with Gasteiger partial charge in [-0.2, -0.15) is 0 Å². The molecule has 1 saturated heterocycles. The normalized spacial score (nSPS) is 16.5. The lowest BCUT2D eigenvalue weighted by Crippen LogP contribution is -2.63. The monoisotopic (exact) mass is 279 g/mol. The highest BCUT2D eigenvalue weighted by atomic mass is 16.5. The summed E-state index contributed by atoms with van der Waals surface area (Å²) in [6.45, 7) is 4.60. The molecule has 1 amide bonds. The fraction of sp³-hybridized carbons (Fsp3) is 0.533. The number of likely N-dealkylation sites (tertiary alicyclic amines) is 1. The van der Waals surface area contributed by atoms with Gasteiger partial charge in [0.05, 0.1) is 25.8 Å². The van der Waals surface area contributed by atoms with E-state index < -0.39 is 5.60 Å². The molecule has 0 unspecified atom stereocenters. The number of methoxy groups -OCH3 is 1. The number of hydrogen-bond donors (Lipinski definition) is 1. The fourth-order valence-electron chi connectivity index (χ4n) is 2.19. The summed E-state index contributed by atoms with van der Waals surface area (Å²) in [4.78, 5) is 13.5. The molecule has 110 valence electrons. The van der Waals surface area contributed by atoms with Crippen molar-refractivity contribution < 1.29 is 19.4 Å². The van der Waals surface area contributed by atoms with Crippen LogP contribution in [-0.2, 0) is 4.79 Å². The van der Waals surface area contributed by atoms with Crippen molar-refractivity contribution in [3.05, 3.63) is 23.8 Å². The van der Waals surface area contributed by atoms with Crippen LogP contribution in [-0.4, -0.2) is 48.3 Å². The molecule has 0 radical (unpaired) electrons. The maximum atomic E-state index is 11.9. The van der Waals surface area contributed by atoms with Gasteiger partial charge < -0.3 is 19.5 Å². The molecule has 0 atom stereocenters. The van der Waals surface area contributed by atoms with Crippen LogP contribution in [0.4, 0.5) is 0 Å². The van der Waals surface area contributed by atoms with Crippen LogP contribution in [0, 0.1) is 6.92 Å². The summed E-state index contributed by atoms with van der Waals surface area (Å²) in [5.74, 6) is 1.05. The lowest BCUT2D eigenvalue weighted by Gasteiger charge is -2.45. The van der Waals surface area contributed by atoms with Crippen molar-refractivity contribution in [2.75, 3.05) is 26.8 Å². The van der Waals surface area contributed by atoms with Gasteiger partial charge in [-0.05, 0) is 31.0 Å². The molecule has 0 saturated carbocycles. The Balaban J connectivity index is 1.88. The first-order valence-corrected chi connectivity index (χ1v) is 6.75. The molecule has 1 aromatic carbocycles. The van der Waals surface area contributed by atoms with Gasteiger partial charge >= 0.3 is 0 Å². The molecule has 1 aromatic rings. The van der Waals surface area contributed by atoms with Crippen LogP contribution < -0.4 is 9.47 Å². The molecule has 20 heavy (non-hydrogen) atoms. The molecule has 1 N–H and O–H groups in total. The van der Waals surface area contributed by atoms with E-state index in [4.69, 9.17) is 9.47 Å². The van der Waals surface area contributed by atoms with E-state index >= 15 is 0 Å². The highest BCUT2D eigenvalue weighted by Gasteiger charge is 2.41. The Morgan fingerprint density at radius 1 is 1.40 bits per heavy atom. The standard InChI is InChI=1S/C15H21NO4/c1-4-15(18)9-16(10-15)14(17)8-20-12-6-5-11(2)7-13(12)19-3/h5-7,18H,4,8-10H2,1-3H3. The van der Waals surface area contributed by atoms with Gasteiger partial charge in [-0.25, -0.2) is 0 Å². The Bertz CT molecular complexity index is 495. The van der Waals surface area contributed by atoms with E-state index in [1.54, 1.807) is 18.1 Å². The van der Waals surface area contributed by atoms with Crippen LogP contribution in [0.15, 0.2) is 18.2 Å². The third-order valence-corrected chi connectivity index (χ3v) is 3.65. The van der Waals surface area contributed by atoms with E-state index in [1.807, 2.05) is 26.0 Å². The minimum absolute atomic E-state index is 0.0424. The maximum absolute atomic E-state index is 11.9. The molecular weight excluding hydrogens is 258 g/mol. The van der Waals surface area contributed by atoms with Crippen molar-refractivity contribution in [1.29, 1.82) is 0 Å². The summed E-state index contributed by atoms with van der Waals surface area (Å²) in [6.07, 6.45) is 0.656. The number of β-amino-alcohol motifs (C(OH)–C–C–N with tert-alkyl or cyclic N) is 1. The second kappa shape index (κ2) is 5.71. The van der Waals surface area contributed by atoms with E-state index in [2.05, 4.69) is 0 Å². The van der Waals surface area contributed by atoms with Gasteiger partial charge in [-0.1, -0.05) is 13.0 Å². The molecule has 0 aromatic heterocycles. The van der Waals surface area contributed by atoms with Crippen LogP contribution in [0.1, 0.15) is 18.9 Å². The van der Waals surface area contributed by atoms with Crippen molar-refractivity contribution >= 4 is 5.91 Å². The Labute approximate surface area is 119 Å². The average Bonchev–Trinajstić information content (AvgIpc) is 2.42. The number of carbonyl (C=O) groups is 1. The second-order valence-corrected chi connectivity index (χ2v) is 5.27. The van der Waals surface area contributed by atoms with Crippen LogP contribution >= 0.6 is 0 Å². The summed E-state index contributed by atoms with van der Waals surface area (Å²) in [5.41, 5.74) is 0.355. The number of nitrogens with zero attached hydrogens (tertiary/aromatic N) is 1. The van der Waals surface area contributed by atoms with Gasteiger partial charge in [0.15, 0.2) is 18.1 Å². The fourth-order valence-corrected chi connectivity index (χ4v) is 2.19. The minimum atomic E-state index is -0.711. The number of rotatable bonds is 5. The Morgan fingerprint density at radius 3 is 2.70 bits per heavy atom. The zero-order valence-corrected chi connectivity index (χ0v) is 12.2. The smallest absolute Gasteiger partial charge is 0.260 e. The predicted molar refractivity (Wildman–Crippen MR) is 75.0 cm³/mol. The second-order valence-electron chi connectivity index (χ2n) is 5.27. The van der Waals surface area contributed by atoms with Gasteiger partial charge in [0, 0.05) is 0 Å².